The van der Waals surface area contributed by atoms with E-state index in [1.165, 1.54) is 0 Å². The number of hydrogen-bond acceptors (Lipinski definition) is 6. The molecule has 0 saturated heterocycles. The van der Waals surface area contributed by atoms with Gasteiger partial charge < -0.3 is 19.5 Å². The third-order valence-corrected chi connectivity index (χ3v) is 5.84. The Labute approximate surface area is 208 Å². The van der Waals surface area contributed by atoms with E-state index < -0.39 is 18.0 Å². The minimum absolute atomic E-state index is 0.184. The Morgan fingerprint density at radius 3 is 2.56 bits per heavy atom. The smallest absolute Gasteiger partial charge is 0.342 e. The van der Waals surface area contributed by atoms with Gasteiger partial charge in [-0.15, -0.1) is 0 Å². The first-order chi connectivity index (χ1) is 17.5. The van der Waals surface area contributed by atoms with E-state index in [0.29, 0.717) is 17.2 Å². The lowest BCUT2D eigenvalue weighted by atomic mass is 10.1. The van der Waals surface area contributed by atoms with E-state index in [4.69, 9.17) is 14.2 Å². The third kappa shape index (κ3) is 4.93. The second-order valence-corrected chi connectivity index (χ2v) is 8.49. The first-order valence-corrected chi connectivity index (χ1v) is 11.6. The van der Waals surface area contributed by atoms with Crippen LogP contribution < -0.4 is 14.8 Å². The van der Waals surface area contributed by atoms with Crippen LogP contribution in [0.15, 0.2) is 79.0 Å². The van der Waals surface area contributed by atoms with Gasteiger partial charge in [0.2, 0.25) is 6.79 Å². The molecule has 5 rings (SSSR count). The van der Waals surface area contributed by atoms with Gasteiger partial charge in [-0.25, -0.2) is 9.48 Å². The van der Waals surface area contributed by atoms with Crippen molar-refractivity contribution < 1.29 is 23.8 Å². The Kier molecular flexibility index (Phi) is 6.40. The van der Waals surface area contributed by atoms with Crippen LogP contribution in [0.2, 0.25) is 0 Å². The van der Waals surface area contributed by atoms with Crippen molar-refractivity contribution in [3.8, 4) is 28.4 Å². The van der Waals surface area contributed by atoms with Crippen LogP contribution in [0.25, 0.3) is 16.9 Å². The fourth-order valence-electron chi connectivity index (χ4n) is 3.82. The molecule has 8 heteroatoms. The molecule has 182 valence electrons. The zero-order chi connectivity index (χ0) is 25.1. The summed E-state index contributed by atoms with van der Waals surface area (Å²) in [5, 5.41) is 7.45. The minimum atomic E-state index is -1.00. The van der Waals surface area contributed by atoms with E-state index >= 15 is 0 Å². The van der Waals surface area contributed by atoms with Crippen molar-refractivity contribution in [3.63, 3.8) is 0 Å². The summed E-state index contributed by atoms with van der Waals surface area (Å²) >= 11 is 0. The number of amides is 1. The number of nitrogens with one attached hydrogen (secondary N) is 1. The lowest BCUT2D eigenvalue weighted by molar-refractivity contribution is -0.129. The van der Waals surface area contributed by atoms with E-state index in [-0.39, 0.29) is 18.9 Å². The summed E-state index contributed by atoms with van der Waals surface area (Å²) in [7, 11) is 0. The van der Waals surface area contributed by atoms with Crippen molar-refractivity contribution in [2.45, 2.75) is 26.5 Å². The van der Waals surface area contributed by atoms with Crippen molar-refractivity contribution in [1.29, 1.82) is 0 Å². The van der Waals surface area contributed by atoms with Gasteiger partial charge in [0.1, 0.15) is 11.3 Å². The maximum atomic E-state index is 13.2. The van der Waals surface area contributed by atoms with Gasteiger partial charge >= 0.3 is 5.97 Å². The van der Waals surface area contributed by atoms with Crippen molar-refractivity contribution in [1.82, 2.24) is 15.1 Å². The number of ether oxygens (including phenoxy) is 3. The van der Waals surface area contributed by atoms with E-state index in [9.17, 15) is 9.59 Å². The topological polar surface area (TPSA) is 91.7 Å². The monoisotopic (exact) mass is 483 g/mol. The number of esters is 1. The Hall–Kier alpha value is -4.59. The van der Waals surface area contributed by atoms with Gasteiger partial charge in [-0.1, -0.05) is 54.1 Å². The predicted molar refractivity (Wildman–Crippen MR) is 133 cm³/mol. The first-order valence-electron chi connectivity index (χ1n) is 11.6. The summed E-state index contributed by atoms with van der Waals surface area (Å²) in [6.45, 7) is 3.98. The third-order valence-electron chi connectivity index (χ3n) is 5.84. The molecule has 36 heavy (non-hydrogen) atoms. The van der Waals surface area contributed by atoms with Crippen LogP contribution in [0.5, 0.6) is 11.5 Å². The second-order valence-electron chi connectivity index (χ2n) is 8.49. The van der Waals surface area contributed by atoms with Gasteiger partial charge in [-0.05, 0) is 43.7 Å². The quantitative estimate of drug-likeness (QED) is 0.391. The molecule has 1 aliphatic heterocycles. The number of aryl methyl sites for hydroxylation is 1. The van der Waals surface area contributed by atoms with Crippen LogP contribution in [0, 0.1) is 6.92 Å². The number of carbonyl (C=O) groups is 2. The second kappa shape index (κ2) is 9.95. The van der Waals surface area contributed by atoms with Gasteiger partial charge in [0, 0.05) is 18.3 Å². The molecule has 0 unspecified atom stereocenters. The lowest BCUT2D eigenvalue weighted by Gasteiger charge is -2.14. The summed E-state index contributed by atoms with van der Waals surface area (Å²) in [4.78, 5) is 25.9. The zero-order valence-electron chi connectivity index (χ0n) is 19.9. The summed E-state index contributed by atoms with van der Waals surface area (Å²) in [6, 6.07) is 22.7. The van der Waals surface area contributed by atoms with E-state index in [1.807, 2.05) is 73.7 Å². The number of nitrogens with zero attached hydrogens (tertiary/aromatic N) is 2. The first kappa shape index (κ1) is 23.2. The molecule has 0 bridgehead atoms. The number of para-hydroxylation sites is 1. The van der Waals surface area contributed by atoms with Crippen LogP contribution in [0.1, 0.15) is 28.4 Å². The van der Waals surface area contributed by atoms with Crippen LogP contribution in [0.3, 0.4) is 0 Å². The number of hydrogen-bond donors (Lipinski definition) is 1. The van der Waals surface area contributed by atoms with Gasteiger partial charge in [-0.2, -0.15) is 5.10 Å². The largest absolute Gasteiger partial charge is 0.454 e. The number of benzene rings is 3. The normalized spacial score (nSPS) is 12.7. The molecule has 1 amide bonds. The Morgan fingerprint density at radius 1 is 1.03 bits per heavy atom. The average Bonchev–Trinajstić information content (AvgIpc) is 3.55. The predicted octanol–water partition coefficient (Wildman–Crippen LogP) is 4.44. The maximum absolute atomic E-state index is 13.2. The zero-order valence-corrected chi connectivity index (χ0v) is 19.9. The molecule has 0 aliphatic carbocycles. The van der Waals surface area contributed by atoms with Crippen molar-refractivity contribution in [2.75, 3.05) is 6.79 Å². The molecular formula is C28H25N3O5. The fraction of sp³-hybridized carbons (Fsp3) is 0.179. The van der Waals surface area contributed by atoms with E-state index in [1.54, 1.807) is 23.9 Å². The number of carbonyl (C=O) groups excluding carboxylic acids is 2. The van der Waals surface area contributed by atoms with E-state index in [0.717, 1.165) is 22.4 Å². The highest BCUT2D eigenvalue weighted by Crippen LogP contribution is 2.32. The summed E-state index contributed by atoms with van der Waals surface area (Å²) in [6.07, 6.45) is 0.627. The van der Waals surface area contributed by atoms with Gasteiger partial charge in [0.15, 0.2) is 17.6 Å². The highest BCUT2D eigenvalue weighted by atomic mass is 16.7. The van der Waals surface area contributed by atoms with Gasteiger partial charge in [0.25, 0.3) is 5.91 Å². The molecule has 3 aromatic carbocycles. The molecule has 1 aliphatic rings. The minimum Gasteiger partial charge on any atom is -0.454 e. The van der Waals surface area contributed by atoms with Crippen LogP contribution in [-0.2, 0) is 16.1 Å². The summed E-state index contributed by atoms with van der Waals surface area (Å²) in [5.74, 6) is 0.278. The average molecular weight is 484 g/mol. The number of aromatic nitrogens is 2. The lowest BCUT2D eigenvalue weighted by Crippen LogP contribution is -2.35. The molecule has 0 radical (unpaired) electrons. The van der Waals surface area contributed by atoms with Crippen LogP contribution in [0.4, 0.5) is 0 Å². The molecule has 0 spiro atoms. The Balaban J connectivity index is 1.31. The highest BCUT2D eigenvalue weighted by molar-refractivity contribution is 5.97. The SMILES string of the molecule is Cc1ccc(-c2nn(-c3ccccc3)cc2C(=O)O[C@@H](C)C(=O)NCc2ccc3c(c2)OCO3)cc1. The van der Waals surface area contributed by atoms with Gasteiger partial charge in [0.05, 0.1) is 5.69 Å². The van der Waals surface area contributed by atoms with Crippen molar-refractivity contribution in [2.24, 2.45) is 0 Å². The molecule has 1 atom stereocenters. The summed E-state index contributed by atoms with van der Waals surface area (Å²) < 4.78 is 17.9. The maximum Gasteiger partial charge on any atom is 0.342 e. The van der Waals surface area contributed by atoms with Crippen LogP contribution in [-0.4, -0.2) is 34.6 Å². The fourth-order valence-corrected chi connectivity index (χ4v) is 3.82. The van der Waals surface area contributed by atoms with Gasteiger partial charge in [-0.3, -0.25) is 4.79 Å². The molecule has 0 saturated carbocycles. The molecule has 0 fully saturated rings. The standard InChI is InChI=1S/C28H25N3O5/c1-18-8-11-21(12-9-18)26-23(16-31(30-26)22-6-4-3-5-7-22)28(33)36-19(2)27(32)29-15-20-10-13-24-25(14-20)35-17-34-24/h3-14,16,19H,15,17H2,1-2H3,(H,29,32)/t19-/m0/s1. The molecule has 2 heterocycles. The van der Waals surface area contributed by atoms with Crippen molar-refractivity contribution >= 4 is 11.9 Å². The molecule has 8 nitrogen and oxygen atoms in total. The molecular weight excluding hydrogens is 458 g/mol. The van der Waals surface area contributed by atoms with E-state index in [2.05, 4.69) is 10.4 Å². The van der Waals surface area contributed by atoms with Crippen molar-refractivity contribution in [3.05, 3.63) is 95.7 Å². The molecule has 1 N–H and O–H groups in total. The number of fused-ring (bicyclic) bond motifs is 1. The summed E-state index contributed by atoms with van der Waals surface area (Å²) in [5.41, 5.74) is 4.28. The number of rotatable bonds is 7. The highest BCUT2D eigenvalue weighted by Gasteiger charge is 2.24. The Morgan fingerprint density at radius 2 is 1.78 bits per heavy atom. The molecule has 1 aromatic heterocycles. The Bertz CT molecular complexity index is 1400. The molecule has 4 aromatic rings. The van der Waals surface area contributed by atoms with Crippen LogP contribution >= 0.6 is 0 Å².